The molecular formula is C14H19NO3. The number of rotatable bonds is 3. The zero-order chi connectivity index (χ0) is 14.1. The number of aromatic nitrogens is 1. The van der Waals surface area contributed by atoms with Gasteiger partial charge in [0.25, 0.3) is 0 Å². The molecule has 0 saturated heterocycles. The van der Waals surface area contributed by atoms with Gasteiger partial charge in [-0.2, -0.15) is 0 Å². The Bertz CT molecular complexity index is 570. The lowest BCUT2D eigenvalue weighted by atomic mass is 10.2. The number of carbonyl (C=O) groups is 1. The number of pyridine rings is 1. The molecule has 0 aliphatic carbocycles. The van der Waals surface area contributed by atoms with Gasteiger partial charge in [0.1, 0.15) is 5.56 Å². The summed E-state index contributed by atoms with van der Waals surface area (Å²) in [6.45, 7) is 13.1. The smallest absolute Gasteiger partial charge is 0.343 e. The molecule has 0 bridgehead atoms. The second kappa shape index (κ2) is 8.06. The van der Waals surface area contributed by atoms with Gasteiger partial charge in [-0.1, -0.05) is 33.1 Å². The monoisotopic (exact) mass is 249 g/mol. The van der Waals surface area contributed by atoms with Crippen molar-refractivity contribution in [1.29, 1.82) is 0 Å². The molecule has 4 nitrogen and oxygen atoms in total. The molecule has 0 spiro atoms. The highest BCUT2D eigenvalue weighted by Gasteiger charge is 2.11. The van der Waals surface area contributed by atoms with Crippen LogP contribution in [0.3, 0.4) is 0 Å². The van der Waals surface area contributed by atoms with Crippen LogP contribution in [-0.4, -0.2) is 17.6 Å². The van der Waals surface area contributed by atoms with E-state index in [2.05, 4.69) is 18.1 Å². The lowest BCUT2D eigenvalue weighted by Gasteiger charge is -2.00. The van der Waals surface area contributed by atoms with Gasteiger partial charge in [-0.3, -0.25) is 4.79 Å². The molecule has 0 amide bonds. The van der Waals surface area contributed by atoms with Crippen LogP contribution < -0.4 is 16.0 Å². The molecule has 0 aliphatic heterocycles. The Morgan fingerprint density at radius 2 is 2.11 bits per heavy atom. The quantitative estimate of drug-likeness (QED) is 0.812. The van der Waals surface area contributed by atoms with Crippen LogP contribution in [0, 0.1) is 0 Å². The molecule has 0 radical (unpaired) electrons. The minimum Gasteiger partial charge on any atom is -0.462 e. The summed E-state index contributed by atoms with van der Waals surface area (Å²) in [5.41, 5.74) is -0.426. The van der Waals surface area contributed by atoms with E-state index in [1.54, 1.807) is 6.92 Å². The summed E-state index contributed by atoms with van der Waals surface area (Å²) in [6.07, 6.45) is 4.28. The maximum atomic E-state index is 11.9. The maximum absolute atomic E-state index is 11.9. The Labute approximate surface area is 106 Å². The topological polar surface area (TPSA) is 59.2 Å². The first kappa shape index (κ1) is 15.9. The average Bonchev–Trinajstić information content (AvgIpc) is 2.37. The molecular weight excluding hydrogens is 230 g/mol. The van der Waals surface area contributed by atoms with Crippen molar-refractivity contribution in [2.75, 3.05) is 6.61 Å². The first-order valence-electron chi connectivity index (χ1n) is 5.82. The minimum absolute atomic E-state index is 0.0256. The number of hydrogen-bond donors (Lipinski definition) is 1. The summed E-state index contributed by atoms with van der Waals surface area (Å²) in [5, 5.41) is 0.763. The van der Waals surface area contributed by atoms with Gasteiger partial charge in [0.05, 0.1) is 6.61 Å². The molecule has 1 aromatic rings. The van der Waals surface area contributed by atoms with E-state index >= 15 is 0 Å². The number of aromatic amines is 1. The fourth-order valence-corrected chi connectivity index (χ4v) is 1.24. The van der Waals surface area contributed by atoms with Crippen molar-refractivity contribution in [1.82, 2.24) is 4.98 Å². The third-order valence-electron chi connectivity index (χ3n) is 1.98. The van der Waals surface area contributed by atoms with Gasteiger partial charge < -0.3 is 9.72 Å². The lowest BCUT2D eigenvalue weighted by Crippen LogP contribution is -2.43. The molecule has 0 aliphatic rings. The van der Waals surface area contributed by atoms with Crippen LogP contribution in [-0.2, 0) is 4.74 Å². The van der Waals surface area contributed by atoms with E-state index < -0.39 is 11.4 Å². The van der Waals surface area contributed by atoms with Crippen LogP contribution in [0.1, 0.15) is 31.1 Å². The summed E-state index contributed by atoms with van der Waals surface area (Å²) >= 11 is 0. The number of carbonyl (C=O) groups excluding carboxylic acids is 1. The summed E-state index contributed by atoms with van der Waals surface area (Å²) in [6, 6.07) is 0. The number of ether oxygens (including phenoxy) is 1. The second-order valence-corrected chi connectivity index (χ2v) is 3.05. The molecule has 0 aromatic carbocycles. The van der Waals surface area contributed by atoms with E-state index in [1.807, 2.05) is 13.8 Å². The predicted molar refractivity (Wildman–Crippen MR) is 73.8 cm³/mol. The van der Waals surface area contributed by atoms with Gasteiger partial charge in [-0.05, 0) is 13.0 Å². The molecule has 4 heteroatoms. The van der Waals surface area contributed by atoms with E-state index in [9.17, 15) is 9.59 Å². The van der Waals surface area contributed by atoms with Crippen molar-refractivity contribution < 1.29 is 9.53 Å². The number of allylic oxidation sites excluding steroid dienone is 1. The third kappa shape index (κ3) is 3.73. The van der Waals surface area contributed by atoms with E-state index in [-0.39, 0.29) is 12.2 Å². The number of H-pyrrole nitrogens is 1. The van der Waals surface area contributed by atoms with Crippen molar-refractivity contribution in [3.8, 4) is 0 Å². The third-order valence-corrected chi connectivity index (χ3v) is 1.98. The van der Waals surface area contributed by atoms with Crippen molar-refractivity contribution >= 4 is 18.6 Å². The molecule has 18 heavy (non-hydrogen) atoms. The fourth-order valence-electron chi connectivity index (χ4n) is 1.24. The molecule has 0 atom stereocenters. The molecule has 0 fully saturated rings. The Hall–Kier alpha value is -2.10. The summed E-state index contributed by atoms with van der Waals surface area (Å²) in [4.78, 5) is 26.0. The zero-order valence-corrected chi connectivity index (χ0v) is 11.1. The Kier molecular flexibility index (Phi) is 7.12. The van der Waals surface area contributed by atoms with Gasteiger partial charge in [0.15, 0.2) is 0 Å². The van der Waals surface area contributed by atoms with Crippen molar-refractivity contribution in [2.45, 2.75) is 20.8 Å². The maximum Gasteiger partial charge on any atom is 0.343 e. The molecule has 1 aromatic heterocycles. The Balaban J connectivity index is 0.00000137. The van der Waals surface area contributed by atoms with Crippen LogP contribution in [0.25, 0.3) is 12.7 Å². The molecule has 0 unspecified atom stereocenters. The van der Waals surface area contributed by atoms with Gasteiger partial charge in [0, 0.05) is 16.8 Å². The van der Waals surface area contributed by atoms with Crippen LogP contribution in [0.2, 0.25) is 0 Å². The summed E-state index contributed by atoms with van der Waals surface area (Å²) in [7, 11) is 0. The Morgan fingerprint density at radius 3 is 2.61 bits per heavy atom. The standard InChI is InChI=1S/C12H13NO3.C2H6/c1-4-6-9-8(3)13-7-10(11(9)14)12(15)16-5-2;1-2/h4,6-7,13H,1,3,5H2,2H3;1-2H3/b9-6+;. The van der Waals surface area contributed by atoms with Crippen LogP contribution in [0.15, 0.2) is 23.6 Å². The molecule has 1 heterocycles. The average molecular weight is 249 g/mol. The highest BCUT2D eigenvalue weighted by atomic mass is 16.5. The van der Waals surface area contributed by atoms with E-state index in [0.717, 1.165) is 0 Å². The second-order valence-electron chi connectivity index (χ2n) is 3.05. The number of esters is 1. The molecule has 1 N–H and O–H groups in total. The number of nitrogens with one attached hydrogen (secondary N) is 1. The largest absolute Gasteiger partial charge is 0.462 e. The normalized spacial score (nSPS) is 10.3. The zero-order valence-electron chi connectivity index (χ0n) is 11.1. The van der Waals surface area contributed by atoms with Gasteiger partial charge >= 0.3 is 5.97 Å². The predicted octanol–water partition coefficient (Wildman–Crippen LogP) is 0.955. The highest BCUT2D eigenvalue weighted by molar-refractivity contribution is 5.88. The van der Waals surface area contributed by atoms with Crippen LogP contribution in [0.4, 0.5) is 0 Å². The van der Waals surface area contributed by atoms with E-state index in [1.165, 1.54) is 18.3 Å². The van der Waals surface area contributed by atoms with Crippen LogP contribution >= 0.6 is 0 Å². The molecule has 0 saturated carbocycles. The van der Waals surface area contributed by atoms with Crippen molar-refractivity contribution in [3.63, 3.8) is 0 Å². The lowest BCUT2D eigenvalue weighted by molar-refractivity contribution is 0.0524. The van der Waals surface area contributed by atoms with Crippen molar-refractivity contribution in [2.24, 2.45) is 0 Å². The van der Waals surface area contributed by atoms with E-state index in [0.29, 0.717) is 10.6 Å². The van der Waals surface area contributed by atoms with E-state index in [4.69, 9.17) is 4.74 Å². The fraction of sp³-hybridized carbons (Fsp3) is 0.286. The Morgan fingerprint density at radius 1 is 1.50 bits per heavy atom. The van der Waals surface area contributed by atoms with Crippen molar-refractivity contribution in [3.05, 3.63) is 45.2 Å². The first-order chi connectivity index (χ1) is 8.61. The first-order valence-corrected chi connectivity index (χ1v) is 5.82. The summed E-state index contributed by atoms with van der Waals surface area (Å²) in [5.74, 6) is -0.637. The molecule has 98 valence electrons. The number of hydrogen-bond acceptors (Lipinski definition) is 3. The SMILES string of the molecule is C=C/C=c1\c(=C)[nH]cc(C(=O)OCC)c1=O.CC. The van der Waals surface area contributed by atoms with Gasteiger partial charge in [-0.15, -0.1) is 0 Å². The molecule has 1 rings (SSSR count). The summed E-state index contributed by atoms with van der Waals surface area (Å²) < 4.78 is 4.76. The minimum atomic E-state index is -0.637. The van der Waals surface area contributed by atoms with Gasteiger partial charge in [0.2, 0.25) is 5.43 Å². The van der Waals surface area contributed by atoms with Crippen LogP contribution in [0.5, 0.6) is 0 Å². The van der Waals surface area contributed by atoms with Gasteiger partial charge in [-0.25, -0.2) is 4.79 Å². The highest BCUT2D eigenvalue weighted by Crippen LogP contribution is 1.89.